The van der Waals surface area contributed by atoms with Gasteiger partial charge in [0, 0.05) is 18.0 Å². The number of rotatable bonds is 5. The molecule has 1 N–H and O–H groups in total. The maximum Gasteiger partial charge on any atom is 0.323 e. The number of pyridine rings is 1. The molecule has 2 aromatic heterocycles. The summed E-state index contributed by atoms with van der Waals surface area (Å²) in [7, 11) is 0. The number of hydrogen-bond donors (Lipinski definition) is 1. The molecule has 0 amide bonds. The first-order chi connectivity index (χ1) is 9.45. The van der Waals surface area contributed by atoms with Gasteiger partial charge in [-0.25, -0.2) is 4.68 Å². The molecule has 0 atom stereocenters. The van der Waals surface area contributed by atoms with Gasteiger partial charge in [0.25, 0.3) is 5.56 Å². The van der Waals surface area contributed by atoms with Gasteiger partial charge < -0.3 is 5.11 Å². The van der Waals surface area contributed by atoms with E-state index in [-0.39, 0.29) is 12.1 Å². The van der Waals surface area contributed by atoms with Gasteiger partial charge in [0.15, 0.2) is 0 Å². The van der Waals surface area contributed by atoms with Crippen molar-refractivity contribution in [1.82, 2.24) is 14.3 Å². The first-order valence-corrected chi connectivity index (χ1v) is 6.75. The molecule has 0 aliphatic carbocycles. The maximum absolute atomic E-state index is 12.1. The Bertz CT molecular complexity index is 713. The fourth-order valence-corrected chi connectivity index (χ4v) is 2.50. The molecule has 0 saturated heterocycles. The van der Waals surface area contributed by atoms with E-state index in [4.69, 9.17) is 5.11 Å². The van der Waals surface area contributed by atoms with E-state index in [1.54, 1.807) is 4.68 Å². The number of aromatic nitrogens is 3. The monoisotopic (exact) mass is 277 g/mol. The molecule has 0 aliphatic heterocycles. The number of nitrogens with zero attached hydrogens (tertiary/aromatic N) is 3. The van der Waals surface area contributed by atoms with Gasteiger partial charge >= 0.3 is 5.97 Å². The van der Waals surface area contributed by atoms with Gasteiger partial charge in [-0.1, -0.05) is 13.3 Å². The largest absolute Gasteiger partial charge is 0.480 e. The lowest BCUT2D eigenvalue weighted by Crippen LogP contribution is -2.26. The average Bonchev–Trinajstić information content (AvgIpc) is 2.69. The Kier molecular flexibility index (Phi) is 3.92. The molecule has 6 heteroatoms. The van der Waals surface area contributed by atoms with E-state index >= 15 is 0 Å². The van der Waals surface area contributed by atoms with Crippen molar-refractivity contribution in [3.05, 3.63) is 27.7 Å². The molecule has 0 aromatic carbocycles. The van der Waals surface area contributed by atoms with Gasteiger partial charge in [-0.3, -0.25) is 14.2 Å². The third-order valence-corrected chi connectivity index (χ3v) is 3.37. The zero-order valence-electron chi connectivity index (χ0n) is 12.0. The van der Waals surface area contributed by atoms with Crippen LogP contribution >= 0.6 is 0 Å². The first-order valence-electron chi connectivity index (χ1n) is 6.75. The Hall–Kier alpha value is -2.11. The summed E-state index contributed by atoms with van der Waals surface area (Å²) in [5.41, 5.74) is 1.98. The van der Waals surface area contributed by atoms with E-state index < -0.39 is 5.97 Å². The summed E-state index contributed by atoms with van der Waals surface area (Å²) in [6.45, 7) is 6.16. The van der Waals surface area contributed by atoms with E-state index in [9.17, 15) is 9.59 Å². The van der Waals surface area contributed by atoms with Gasteiger partial charge in [-0.2, -0.15) is 5.10 Å². The molecular weight excluding hydrogens is 258 g/mol. The zero-order valence-corrected chi connectivity index (χ0v) is 12.0. The lowest BCUT2D eigenvalue weighted by Gasteiger charge is -2.10. The number of hydrogen-bond acceptors (Lipinski definition) is 3. The van der Waals surface area contributed by atoms with Crippen molar-refractivity contribution in [3.63, 3.8) is 0 Å². The van der Waals surface area contributed by atoms with Gasteiger partial charge in [-0.05, 0) is 25.8 Å². The van der Waals surface area contributed by atoms with Crippen molar-refractivity contribution in [3.8, 4) is 0 Å². The molecule has 2 heterocycles. The van der Waals surface area contributed by atoms with Crippen LogP contribution in [0.4, 0.5) is 0 Å². The minimum atomic E-state index is -1.03. The van der Waals surface area contributed by atoms with E-state index in [2.05, 4.69) is 12.0 Å². The topological polar surface area (TPSA) is 77.1 Å². The second kappa shape index (κ2) is 5.48. The van der Waals surface area contributed by atoms with Crippen LogP contribution in [0.2, 0.25) is 0 Å². The predicted molar refractivity (Wildman–Crippen MR) is 76.0 cm³/mol. The zero-order chi connectivity index (χ0) is 14.9. The fraction of sp³-hybridized carbons (Fsp3) is 0.500. The summed E-state index contributed by atoms with van der Waals surface area (Å²) in [6, 6.07) is 1.48. The molecular formula is C14H19N3O3. The van der Waals surface area contributed by atoms with Crippen molar-refractivity contribution in [2.24, 2.45) is 0 Å². The SMILES string of the molecule is CCCCn1nc(C)c2c(C)cc(=O)n(CC(=O)O)c21. The number of carbonyl (C=O) groups is 1. The average molecular weight is 277 g/mol. The summed E-state index contributed by atoms with van der Waals surface area (Å²) in [4.78, 5) is 23.1. The van der Waals surface area contributed by atoms with Crippen LogP contribution in [0.3, 0.4) is 0 Å². The van der Waals surface area contributed by atoms with E-state index in [0.29, 0.717) is 12.2 Å². The third kappa shape index (κ3) is 2.45. The summed E-state index contributed by atoms with van der Waals surface area (Å²) in [5, 5.41) is 14.3. The molecule has 0 radical (unpaired) electrons. The summed E-state index contributed by atoms with van der Waals surface area (Å²) in [5.74, 6) is -1.03. The molecule has 0 spiro atoms. The molecule has 0 saturated carbocycles. The van der Waals surface area contributed by atoms with Crippen LogP contribution in [0.5, 0.6) is 0 Å². The van der Waals surface area contributed by atoms with Crippen LogP contribution in [0, 0.1) is 13.8 Å². The molecule has 0 aliphatic rings. The van der Waals surface area contributed by atoms with E-state index in [1.165, 1.54) is 10.6 Å². The molecule has 20 heavy (non-hydrogen) atoms. The van der Waals surface area contributed by atoms with Gasteiger partial charge in [0.2, 0.25) is 0 Å². The van der Waals surface area contributed by atoms with Crippen LogP contribution in [0.1, 0.15) is 31.0 Å². The predicted octanol–water partition coefficient (Wildman–Crippen LogP) is 1.70. The highest BCUT2D eigenvalue weighted by Crippen LogP contribution is 2.21. The minimum Gasteiger partial charge on any atom is -0.480 e. The van der Waals surface area contributed by atoms with Crippen molar-refractivity contribution >= 4 is 17.0 Å². The maximum atomic E-state index is 12.1. The van der Waals surface area contributed by atoms with Crippen molar-refractivity contribution in [1.29, 1.82) is 0 Å². The Labute approximate surface area is 116 Å². The number of carboxylic acid groups (broad SMARTS) is 1. The Balaban J connectivity index is 2.75. The molecule has 108 valence electrons. The summed E-state index contributed by atoms with van der Waals surface area (Å²) >= 11 is 0. The Morgan fingerprint density at radius 3 is 2.70 bits per heavy atom. The van der Waals surface area contributed by atoms with E-state index in [1.807, 2.05) is 13.8 Å². The van der Waals surface area contributed by atoms with Crippen molar-refractivity contribution < 1.29 is 9.90 Å². The Morgan fingerprint density at radius 2 is 2.10 bits per heavy atom. The normalized spacial score (nSPS) is 11.2. The van der Waals surface area contributed by atoms with Gasteiger partial charge in [0.1, 0.15) is 12.2 Å². The Morgan fingerprint density at radius 1 is 1.40 bits per heavy atom. The molecule has 6 nitrogen and oxygen atoms in total. The van der Waals surface area contributed by atoms with Crippen LogP contribution in [0.25, 0.3) is 11.0 Å². The van der Waals surface area contributed by atoms with Crippen molar-refractivity contribution in [2.45, 2.75) is 46.7 Å². The summed E-state index contributed by atoms with van der Waals surface area (Å²) in [6.07, 6.45) is 1.95. The first kappa shape index (κ1) is 14.3. The van der Waals surface area contributed by atoms with Gasteiger partial charge in [-0.15, -0.1) is 0 Å². The van der Waals surface area contributed by atoms with E-state index in [0.717, 1.165) is 29.5 Å². The van der Waals surface area contributed by atoms with Gasteiger partial charge in [0.05, 0.1) is 5.69 Å². The fourth-order valence-electron chi connectivity index (χ4n) is 2.50. The second-order valence-electron chi connectivity index (χ2n) is 5.01. The molecule has 0 fully saturated rings. The minimum absolute atomic E-state index is 0.296. The van der Waals surface area contributed by atoms with Crippen molar-refractivity contribution in [2.75, 3.05) is 0 Å². The smallest absolute Gasteiger partial charge is 0.323 e. The number of fused-ring (bicyclic) bond motifs is 1. The molecule has 2 aromatic rings. The number of carboxylic acids is 1. The number of aryl methyl sites for hydroxylation is 3. The van der Waals surface area contributed by atoms with Crippen LogP contribution in [0.15, 0.2) is 10.9 Å². The number of unbranched alkanes of at least 4 members (excludes halogenated alkanes) is 1. The van der Waals surface area contributed by atoms with Crippen LogP contribution < -0.4 is 5.56 Å². The van der Waals surface area contributed by atoms with Crippen LogP contribution in [-0.2, 0) is 17.9 Å². The quantitative estimate of drug-likeness (QED) is 0.902. The second-order valence-corrected chi connectivity index (χ2v) is 5.01. The summed E-state index contributed by atoms with van der Waals surface area (Å²) < 4.78 is 3.05. The lowest BCUT2D eigenvalue weighted by atomic mass is 10.1. The molecule has 0 bridgehead atoms. The molecule has 2 rings (SSSR count). The molecule has 0 unspecified atom stereocenters. The lowest BCUT2D eigenvalue weighted by molar-refractivity contribution is -0.137. The standard InChI is InChI=1S/C14H19N3O3/c1-4-5-6-17-14-13(10(3)15-17)9(2)7-11(18)16(14)8-12(19)20/h7H,4-6,8H2,1-3H3,(H,19,20). The van der Waals surface area contributed by atoms with Crippen LogP contribution in [-0.4, -0.2) is 25.4 Å². The highest BCUT2D eigenvalue weighted by atomic mass is 16.4. The highest BCUT2D eigenvalue weighted by molar-refractivity contribution is 5.83. The third-order valence-electron chi connectivity index (χ3n) is 3.37. The highest BCUT2D eigenvalue weighted by Gasteiger charge is 2.16. The number of aliphatic carboxylic acids is 1.